The molecule has 4 heterocycles. The van der Waals surface area contributed by atoms with Crippen molar-refractivity contribution in [2.75, 3.05) is 19.6 Å². The van der Waals surface area contributed by atoms with Gasteiger partial charge < -0.3 is 4.90 Å². The molecular weight excluding hydrogens is 343 g/mol. The Labute approximate surface area is 158 Å². The highest BCUT2D eigenvalue weighted by atomic mass is 19.1. The van der Waals surface area contributed by atoms with Gasteiger partial charge in [-0.25, -0.2) is 9.37 Å². The first-order valence-corrected chi connectivity index (χ1v) is 9.26. The van der Waals surface area contributed by atoms with Gasteiger partial charge in [-0.1, -0.05) is 12.1 Å². The van der Waals surface area contributed by atoms with Crippen LogP contribution in [0, 0.1) is 23.1 Å². The standard InChI is InChI=1S/C21H21FN4O/c22-18-5-1-15(2-6-18)11-25-12-16-3-8-20(14-25)26(13-16)21(27)17-4-7-19(9-23)24-10-17/h1-2,4-7,10,16,20H,3,8,11-14H2/t16-,20+/m0/s1. The number of hydrogen-bond donors (Lipinski definition) is 0. The normalized spacial score (nSPS) is 22.3. The van der Waals surface area contributed by atoms with Crippen molar-refractivity contribution in [2.24, 2.45) is 5.92 Å². The van der Waals surface area contributed by atoms with Crippen LogP contribution in [0.3, 0.4) is 0 Å². The number of aromatic nitrogens is 1. The van der Waals surface area contributed by atoms with Gasteiger partial charge in [-0.15, -0.1) is 0 Å². The molecule has 5 rings (SSSR count). The van der Waals surface area contributed by atoms with Crippen LogP contribution in [0.5, 0.6) is 0 Å². The first-order valence-electron chi connectivity index (χ1n) is 9.26. The summed E-state index contributed by atoms with van der Waals surface area (Å²) < 4.78 is 13.1. The van der Waals surface area contributed by atoms with Crippen LogP contribution in [0.2, 0.25) is 0 Å². The van der Waals surface area contributed by atoms with Crippen molar-refractivity contribution < 1.29 is 9.18 Å². The fourth-order valence-corrected chi connectivity index (χ4v) is 4.16. The van der Waals surface area contributed by atoms with E-state index in [0.29, 0.717) is 17.2 Å². The van der Waals surface area contributed by atoms with Crippen LogP contribution in [0.1, 0.15) is 34.5 Å². The molecule has 6 heteroatoms. The fourth-order valence-electron chi connectivity index (χ4n) is 4.16. The van der Waals surface area contributed by atoms with Crippen molar-refractivity contribution in [3.8, 4) is 6.07 Å². The molecule has 27 heavy (non-hydrogen) atoms. The Bertz CT molecular complexity index is 859. The lowest BCUT2D eigenvalue weighted by Crippen LogP contribution is -2.47. The highest BCUT2D eigenvalue weighted by Gasteiger charge is 2.37. The summed E-state index contributed by atoms with van der Waals surface area (Å²) in [5.41, 5.74) is 1.94. The summed E-state index contributed by atoms with van der Waals surface area (Å²) in [4.78, 5) is 21.4. The Kier molecular flexibility index (Phi) is 4.87. The lowest BCUT2D eigenvalue weighted by molar-refractivity contribution is 0.0584. The predicted octanol–water partition coefficient (Wildman–Crippen LogP) is 2.83. The highest BCUT2D eigenvalue weighted by Crippen LogP contribution is 2.30. The van der Waals surface area contributed by atoms with Crippen molar-refractivity contribution in [3.63, 3.8) is 0 Å². The van der Waals surface area contributed by atoms with E-state index in [2.05, 4.69) is 9.88 Å². The minimum absolute atomic E-state index is 0.00896. The molecule has 0 radical (unpaired) electrons. The third-order valence-corrected chi connectivity index (χ3v) is 5.49. The first kappa shape index (κ1) is 17.6. The number of carbonyl (C=O) groups excluding carboxylic acids is 1. The van der Waals surface area contributed by atoms with Crippen molar-refractivity contribution in [3.05, 3.63) is 65.2 Å². The third kappa shape index (κ3) is 3.83. The molecule has 5 nitrogen and oxygen atoms in total. The van der Waals surface area contributed by atoms with Gasteiger partial charge in [-0.2, -0.15) is 5.26 Å². The van der Waals surface area contributed by atoms with Crippen molar-refractivity contribution in [1.29, 1.82) is 5.26 Å². The molecule has 3 saturated heterocycles. The second-order valence-electron chi connectivity index (χ2n) is 7.42. The maximum absolute atomic E-state index is 13.1. The minimum atomic E-state index is -0.220. The highest BCUT2D eigenvalue weighted by molar-refractivity contribution is 5.94. The molecule has 3 fully saturated rings. The summed E-state index contributed by atoms with van der Waals surface area (Å²) in [5, 5.41) is 8.87. The number of halogens is 1. The number of fused-ring (bicyclic) bond motifs is 4. The SMILES string of the molecule is N#Cc1ccc(C(=O)N2C[C@H]3CC[C@@H]2CN(Cc2ccc(F)cc2)C3)cn1. The van der Waals surface area contributed by atoms with Crippen molar-refractivity contribution >= 4 is 5.91 Å². The molecule has 1 aromatic carbocycles. The number of nitrogens with zero attached hydrogens (tertiary/aromatic N) is 4. The zero-order valence-corrected chi connectivity index (χ0v) is 15.0. The largest absolute Gasteiger partial charge is 0.334 e. The molecule has 3 aliphatic heterocycles. The first-order chi connectivity index (χ1) is 13.1. The van der Waals surface area contributed by atoms with E-state index in [4.69, 9.17) is 5.26 Å². The smallest absolute Gasteiger partial charge is 0.255 e. The van der Waals surface area contributed by atoms with Crippen LogP contribution in [-0.2, 0) is 6.54 Å². The second-order valence-corrected chi connectivity index (χ2v) is 7.42. The molecule has 2 aromatic rings. The molecular formula is C21H21FN4O. The quantitative estimate of drug-likeness (QED) is 0.840. The zero-order valence-electron chi connectivity index (χ0n) is 15.0. The van der Waals surface area contributed by atoms with E-state index >= 15 is 0 Å². The fraction of sp³-hybridized carbons (Fsp3) is 0.381. The number of rotatable bonds is 3. The third-order valence-electron chi connectivity index (χ3n) is 5.49. The molecule has 2 atom stereocenters. The van der Waals surface area contributed by atoms with E-state index in [1.807, 2.05) is 23.1 Å². The van der Waals surface area contributed by atoms with Gasteiger partial charge >= 0.3 is 0 Å². The van der Waals surface area contributed by atoms with Crippen LogP contribution in [-0.4, -0.2) is 46.4 Å². The van der Waals surface area contributed by atoms with E-state index in [9.17, 15) is 9.18 Å². The summed E-state index contributed by atoms with van der Waals surface area (Å²) in [6.07, 6.45) is 3.62. The summed E-state index contributed by atoms with van der Waals surface area (Å²) in [6, 6.07) is 12.1. The Balaban J connectivity index is 1.48. The monoisotopic (exact) mass is 364 g/mol. The van der Waals surface area contributed by atoms with Gasteiger partial charge in [-0.3, -0.25) is 9.69 Å². The van der Waals surface area contributed by atoms with Gasteiger partial charge in [0.2, 0.25) is 0 Å². The van der Waals surface area contributed by atoms with E-state index in [0.717, 1.165) is 44.6 Å². The predicted molar refractivity (Wildman–Crippen MR) is 98.2 cm³/mol. The van der Waals surface area contributed by atoms with E-state index < -0.39 is 0 Å². The maximum Gasteiger partial charge on any atom is 0.255 e. The molecule has 1 amide bonds. The molecule has 0 aliphatic carbocycles. The summed E-state index contributed by atoms with van der Waals surface area (Å²) in [5.74, 6) is 0.215. The van der Waals surface area contributed by atoms with E-state index in [1.165, 1.54) is 18.3 Å². The van der Waals surface area contributed by atoms with Crippen LogP contribution in [0.25, 0.3) is 0 Å². The number of nitriles is 1. The van der Waals surface area contributed by atoms with Gasteiger partial charge in [0.25, 0.3) is 5.91 Å². The van der Waals surface area contributed by atoms with Gasteiger partial charge in [0, 0.05) is 38.4 Å². The minimum Gasteiger partial charge on any atom is -0.334 e. The molecule has 0 saturated carbocycles. The Morgan fingerprint density at radius 1 is 1.15 bits per heavy atom. The number of carbonyl (C=O) groups is 1. The van der Waals surface area contributed by atoms with Gasteiger partial charge in [0.1, 0.15) is 17.6 Å². The summed E-state index contributed by atoms with van der Waals surface area (Å²) in [6.45, 7) is 3.30. The lowest BCUT2D eigenvalue weighted by Gasteiger charge is -2.36. The van der Waals surface area contributed by atoms with E-state index in [-0.39, 0.29) is 17.8 Å². The number of hydrogen-bond acceptors (Lipinski definition) is 4. The topological polar surface area (TPSA) is 60.2 Å². The van der Waals surface area contributed by atoms with Crippen LogP contribution >= 0.6 is 0 Å². The average Bonchev–Trinajstić information content (AvgIpc) is 3.00. The number of benzene rings is 1. The molecule has 1 aromatic heterocycles. The summed E-state index contributed by atoms with van der Waals surface area (Å²) >= 11 is 0. The van der Waals surface area contributed by atoms with Crippen molar-refractivity contribution in [1.82, 2.24) is 14.8 Å². The van der Waals surface area contributed by atoms with Crippen LogP contribution in [0.4, 0.5) is 4.39 Å². The number of piperidine rings is 1. The van der Waals surface area contributed by atoms with Gasteiger partial charge in [-0.05, 0) is 48.6 Å². The molecule has 0 spiro atoms. The Morgan fingerprint density at radius 2 is 1.96 bits per heavy atom. The van der Waals surface area contributed by atoms with Crippen molar-refractivity contribution in [2.45, 2.75) is 25.4 Å². The van der Waals surface area contributed by atoms with Crippen LogP contribution in [0.15, 0.2) is 42.6 Å². The molecule has 138 valence electrons. The van der Waals surface area contributed by atoms with E-state index in [1.54, 1.807) is 12.1 Å². The lowest BCUT2D eigenvalue weighted by atomic mass is 9.94. The molecule has 0 unspecified atom stereocenters. The molecule has 2 bridgehead atoms. The van der Waals surface area contributed by atoms with Crippen LogP contribution < -0.4 is 0 Å². The zero-order chi connectivity index (χ0) is 18.8. The number of amides is 1. The van der Waals surface area contributed by atoms with Gasteiger partial charge in [0.05, 0.1) is 5.56 Å². The summed E-state index contributed by atoms with van der Waals surface area (Å²) in [7, 11) is 0. The second kappa shape index (κ2) is 7.45. The molecule has 0 N–H and O–H groups in total. The molecule has 3 aliphatic rings. The average molecular weight is 364 g/mol. The van der Waals surface area contributed by atoms with Gasteiger partial charge in [0.15, 0.2) is 0 Å². The Hall–Kier alpha value is -2.78. The maximum atomic E-state index is 13.1. The number of pyridine rings is 1. The Morgan fingerprint density at radius 3 is 2.67 bits per heavy atom.